The Kier molecular flexibility index (Phi) is 6.85. The summed E-state index contributed by atoms with van der Waals surface area (Å²) in [6.45, 7) is -0.0557. The van der Waals surface area contributed by atoms with Gasteiger partial charge in [0.15, 0.2) is 5.82 Å². The number of benzene rings is 2. The number of nitrogens with zero attached hydrogens (tertiary/aromatic N) is 3. The van der Waals surface area contributed by atoms with Gasteiger partial charge < -0.3 is 15.0 Å². The Morgan fingerprint density at radius 3 is 2.72 bits per heavy atom. The average Bonchev–Trinajstić information content (AvgIpc) is 3.21. The number of anilines is 1. The van der Waals surface area contributed by atoms with Crippen LogP contribution < -0.4 is 10.1 Å². The maximum Gasteiger partial charge on any atom is 0.243 e. The first-order valence-electron chi connectivity index (χ1n) is 8.83. The number of thioether (sulfide) groups is 1. The second-order valence-electron chi connectivity index (χ2n) is 6.15. The summed E-state index contributed by atoms with van der Waals surface area (Å²) in [6, 6.07) is 16.6. The highest BCUT2D eigenvalue weighted by Gasteiger charge is 2.15. The van der Waals surface area contributed by atoms with Gasteiger partial charge in [0.05, 0.1) is 19.4 Å². The molecule has 0 spiro atoms. The van der Waals surface area contributed by atoms with Crippen LogP contribution in [0, 0.1) is 0 Å². The van der Waals surface area contributed by atoms with E-state index in [9.17, 15) is 9.59 Å². The van der Waals surface area contributed by atoms with E-state index < -0.39 is 0 Å². The van der Waals surface area contributed by atoms with Gasteiger partial charge in [-0.3, -0.25) is 14.7 Å². The van der Waals surface area contributed by atoms with E-state index in [4.69, 9.17) is 4.74 Å². The van der Waals surface area contributed by atoms with E-state index in [1.165, 1.54) is 16.7 Å². The Hall–Kier alpha value is -3.33. The summed E-state index contributed by atoms with van der Waals surface area (Å²) in [6.07, 6.45) is 0. The maximum atomic E-state index is 12.3. The van der Waals surface area contributed by atoms with Crippen LogP contribution in [0.25, 0.3) is 11.4 Å². The van der Waals surface area contributed by atoms with Gasteiger partial charge in [0.2, 0.25) is 17.0 Å². The Bertz CT molecular complexity index is 977. The molecule has 2 aromatic carbocycles. The van der Waals surface area contributed by atoms with Gasteiger partial charge in [-0.2, -0.15) is 0 Å². The molecule has 0 saturated carbocycles. The molecule has 2 N–H and O–H groups in total. The molecule has 0 atom stereocenters. The van der Waals surface area contributed by atoms with Gasteiger partial charge in [0.1, 0.15) is 5.75 Å². The summed E-state index contributed by atoms with van der Waals surface area (Å²) in [4.78, 5) is 30.2. The third kappa shape index (κ3) is 5.82. The molecule has 1 aromatic heterocycles. The SMILES string of the molecule is COc1cccc(NC(=O)CN(C)C(=O)CSc2n[nH]c(-c3ccccc3)n2)c1. The van der Waals surface area contributed by atoms with E-state index >= 15 is 0 Å². The molecule has 0 aliphatic carbocycles. The number of ether oxygens (including phenoxy) is 1. The van der Waals surface area contributed by atoms with Crippen molar-refractivity contribution in [1.29, 1.82) is 0 Å². The van der Waals surface area contributed by atoms with Gasteiger partial charge in [-0.1, -0.05) is 48.2 Å². The fourth-order valence-corrected chi connectivity index (χ4v) is 3.22. The topological polar surface area (TPSA) is 100 Å². The number of nitrogens with one attached hydrogen (secondary N) is 2. The quantitative estimate of drug-likeness (QED) is 0.553. The van der Waals surface area contributed by atoms with E-state index in [-0.39, 0.29) is 24.1 Å². The number of methoxy groups -OCH3 is 1. The van der Waals surface area contributed by atoms with Crippen molar-refractivity contribution in [1.82, 2.24) is 20.1 Å². The fourth-order valence-electron chi connectivity index (χ4n) is 2.48. The van der Waals surface area contributed by atoms with Crippen molar-refractivity contribution in [3.63, 3.8) is 0 Å². The molecule has 0 saturated heterocycles. The van der Waals surface area contributed by atoms with Gasteiger partial charge in [0.25, 0.3) is 0 Å². The van der Waals surface area contributed by atoms with Crippen LogP contribution in [0.4, 0.5) is 5.69 Å². The Morgan fingerprint density at radius 2 is 1.97 bits per heavy atom. The lowest BCUT2D eigenvalue weighted by atomic mass is 10.2. The number of H-pyrrole nitrogens is 1. The third-order valence-corrected chi connectivity index (χ3v) is 4.83. The summed E-state index contributed by atoms with van der Waals surface area (Å²) < 4.78 is 5.13. The van der Waals surface area contributed by atoms with Crippen molar-refractivity contribution in [3.8, 4) is 17.1 Å². The number of carbonyl (C=O) groups is 2. The molecule has 0 aliphatic heterocycles. The van der Waals surface area contributed by atoms with E-state index in [0.717, 1.165) is 5.56 Å². The molecule has 29 heavy (non-hydrogen) atoms. The number of hydrogen-bond donors (Lipinski definition) is 2. The number of aromatic amines is 1. The van der Waals surface area contributed by atoms with Crippen LogP contribution in [0.3, 0.4) is 0 Å². The smallest absolute Gasteiger partial charge is 0.243 e. The Labute approximate surface area is 172 Å². The summed E-state index contributed by atoms with van der Waals surface area (Å²) in [5.41, 5.74) is 1.53. The minimum Gasteiger partial charge on any atom is -0.497 e. The molecule has 3 aromatic rings. The lowest BCUT2D eigenvalue weighted by Crippen LogP contribution is -2.35. The van der Waals surface area contributed by atoms with Crippen LogP contribution in [0.2, 0.25) is 0 Å². The van der Waals surface area contributed by atoms with Crippen molar-refractivity contribution >= 4 is 29.3 Å². The molecular weight excluding hydrogens is 390 g/mol. The molecule has 0 aliphatic rings. The molecule has 9 heteroatoms. The zero-order valence-electron chi connectivity index (χ0n) is 16.1. The van der Waals surface area contributed by atoms with Gasteiger partial charge >= 0.3 is 0 Å². The number of aromatic nitrogens is 3. The standard InChI is InChI=1S/C20H21N5O3S/c1-25(12-17(26)21-15-9-6-10-16(11-15)28-2)18(27)13-29-20-22-19(23-24-20)14-7-4-3-5-8-14/h3-11H,12-13H2,1-2H3,(H,21,26)(H,22,23,24). The predicted octanol–water partition coefficient (Wildman–Crippen LogP) is 2.67. The van der Waals surface area contributed by atoms with Crippen LogP contribution in [-0.2, 0) is 9.59 Å². The Balaban J connectivity index is 1.48. The van der Waals surface area contributed by atoms with Crippen molar-refractivity contribution < 1.29 is 14.3 Å². The summed E-state index contributed by atoms with van der Waals surface area (Å²) in [7, 11) is 3.14. The molecule has 0 fully saturated rings. The van der Waals surface area contributed by atoms with Gasteiger partial charge in [0, 0.05) is 24.4 Å². The fraction of sp³-hybridized carbons (Fsp3) is 0.200. The van der Waals surface area contributed by atoms with Crippen molar-refractivity contribution in [3.05, 3.63) is 54.6 Å². The zero-order valence-corrected chi connectivity index (χ0v) is 16.9. The summed E-state index contributed by atoms with van der Waals surface area (Å²) >= 11 is 1.22. The first-order chi connectivity index (χ1) is 14.0. The highest BCUT2D eigenvalue weighted by molar-refractivity contribution is 7.99. The van der Waals surface area contributed by atoms with Crippen molar-refractivity contribution in [2.45, 2.75) is 5.16 Å². The molecule has 3 rings (SSSR count). The van der Waals surface area contributed by atoms with Crippen LogP contribution in [0.5, 0.6) is 5.75 Å². The number of rotatable bonds is 8. The molecule has 0 bridgehead atoms. The van der Waals surface area contributed by atoms with Crippen LogP contribution in [-0.4, -0.2) is 58.4 Å². The van der Waals surface area contributed by atoms with Gasteiger partial charge in [-0.25, -0.2) is 4.98 Å². The predicted molar refractivity (Wildman–Crippen MR) is 112 cm³/mol. The largest absolute Gasteiger partial charge is 0.497 e. The monoisotopic (exact) mass is 411 g/mol. The van der Waals surface area contributed by atoms with E-state index in [1.807, 2.05) is 30.3 Å². The van der Waals surface area contributed by atoms with Gasteiger partial charge in [-0.15, -0.1) is 5.10 Å². The molecule has 1 heterocycles. The number of likely N-dealkylation sites (N-methyl/N-ethyl adjacent to an activating group) is 1. The third-order valence-electron chi connectivity index (χ3n) is 4.00. The number of amides is 2. The molecule has 2 amide bonds. The molecule has 150 valence electrons. The molecular formula is C20H21N5O3S. The summed E-state index contributed by atoms with van der Waals surface area (Å²) in [5.74, 6) is 0.941. The van der Waals surface area contributed by atoms with Crippen LogP contribution in [0.1, 0.15) is 0 Å². The lowest BCUT2D eigenvalue weighted by Gasteiger charge is -2.16. The van der Waals surface area contributed by atoms with Gasteiger partial charge in [-0.05, 0) is 12.1 Å². The lowest BCUT2D eigenvalue weighted by molar-refractivity contribution is -0.131. The average molecular weight is 411 g/mol. The Morgan fingerprint density at radius 1 is 1.17 bits per heavy atom. The van der Waals surface area contributed by atoms with E-state index in [2.05, 4.69) is 20.5 Å². The molecule has 0 radical (unpaired) electrons. The molecule has 0 unspecified atom stereocenters. The van der Waals surface area contributed by atoms with Crippen molar-refractivity contribution in [2.75, 3.05) is 31.8 Å². The minimum atomic E-state index is -0.289. The summed E-state index contributed by atoms with van der Waals surface area (Å²) in [5, 5.41) is 10.2. The number of hydrogen-bond acceptors (Lipinski definition) is 6. The van der Waals surface area contributed by atoms with Crippen LogP contribution >= 0.6 is 11.8 Å². The second-order valence-corrected chi connectivity index (χ2v) is 7.09. The van der Waals surface area contributed by atoms with E-state index in [0.29, 0.717) is 22.4 Å². The molecule has 8 nitrogen and oxygen atoms in total. The first kappa shape index (κ1) is 20.4. The zero-order chi connectivity index (χ0) is 20.6. The first-order valence-corrected chi connectivity index (χ1v) is 9.82. The normalized spacial score (nSPS) is 10.4. The highest BCUT2D eigenvalue weighted by atomic mass is 32.2. The minimum absolute atomic E-state index is 0.0557. The number of carbonyl (C=O) groups excluding carboxylic acids is 2. The van der Waals surface area contributed by atoms with Crippen molar-refractivity contribution in [2.24, 2.45) is 0 Å². The second kappa shape index (κ2) is 9.74. The van der Waals surface area contributed by atoms with Crippen LogP contribution in [0.15, 0.2) is 59.8 Å². The maximum absolute atomic E-state index is 12.3. The highest BCUT2D eigenvalue weighted by Crippen LogP contribution is 2.19. The van der Waals surface area contributed by atoms with E-state index in [1.54, 1.807) is 38.4 Å².